The number of phenols is 1. The van der Waals surface area contributed by atoms with Gasteiger partial charge >= 0.3 is 7.69 Å². The molecule has 0 spiro atoms. The van der Waals surface area contributed by atoms with E-state index in [9.17, 15) is 10.1 Å². The molecule has 2 N–H and O–H groups in total. The second-order valence-corrected chi connectivity index (χ2v) is 8.00. The zero-order valence-corrected chi connectivity index (χ0v) is 18.1. The molecule has 5 nitrogen and oxygen atoms in total. The molecule has 2 aromatic heterocycles. The van der Waals surface area contributed by atoms with Gasteiger partial charge in [0.15, 0.2) is 11.5 Å². The van der Waals surface area contributed by atoms with E-state index >= 15 is 0 Å². The van der Waals surface area contributed by atoms with E-state index < -0.39 is 7.69 Å². The molecular formula is C28H19BN2O3. The van der Waals surface area contributed by atoms with Crippen LogP contribution in [0.15, 0.2) is 97.3 Å². The van der Waals surface area contributed by atoms with Crippen LogP contribution in [0.3, 0.4) is 0 Å². The molecule has 0 fully saturated rings. The van der Waals surface area contributed by atoms with Gasteiger partial charge in [-0.05, 0) is 34.5 Å². The lowest BCUT2D eigenvalue weighted by Crippen LogP contribution is -2.03. The highest BCUT2D eigenvalue weighted by atomic mass is 16.5. The molecule has 162 valence electrons. The lowest BCUT2D eigenvalue weighted by Gasteiger charge is -2.21. The van der Waals surface area contributed by atoms with Crippen LogP contribution in [-0.2, 0) is 0 Å². The number of aromatic nitrogens is 2. The molecule has 0 aliphatic heterocycles. The molecule has 0 amide bonds. The van der Waals surface area contributed by atoms with Gasteiger partial charge in [-0.25, -0.2) is 0 Å². The smallest absolute Gasteiger partial charge is 0.504 e. The molecule has 4 aromatic carbocycles. The van der Waals surface area contributed by atoms with E-state index in [1.165, 1.54) is 0 Å². The molecule has 2 heterocycles. The molecule has 0 aliphatic carbocycles. The zero-order valence-electron chi connectivity index (χ0n) is 18.1. The van der Waals surface area contributed by atoms with Gasteiger partial charge < -0.3 is 14.8 Å². The minimum absolute atomic E-state index is 0.0400. The average Bonchev–Trinajstić information content (AvgIpc) is 2.89. The van der Waals surface area contributed by atoms with Crippen molar-refractivity contribution in [2.45, 2.75) is 0 Å². The lowest BCUT2D eigenvalue weighted by atomic mass is 9.88. The molecule has 6 aromatic rings. The van der Waals surface area contributed by atoms with Gasteiger partial charge in [-0.1, -0.05) is 66.7 Å². The zero-order chi connectivity index (χ0) is 23.1. The van der Waals surface area contributed by atoms with Crippen molar-refractivity contribution in [2.24, 2.45) is 0 Å². The predicted molar refractivity (Wildman–Crippen MR) is 137 cm³/mol. The Kier molecular flexibility index (Phi) is 4.86. The number of hydrogen-bond donors (Lipinski definition) is 2. The fraction of sp³-hybridized carbons (Fsp3) is 0. The SMILES string of the molecule is OBOc1c(O)c(-c2cccc3cccnc23)c2ccccc2c1-c1cccc2ncccc12. The summed E-state index contributed by atoms with van der Waals surface area (Å²) in [6.07, 6.45) is 3.50. The molecule has 0 radical (unpaired) electrons. The number of phenolic OH excluding ortho intramolecular Hbond substituents is 1. The van der Waals surface area contributed by atoms with Gasteiger partial charge in [0.25, 0.3) is 0 Å². The van der Waals surface area contributed by atoms with E-state index in [0.29, 0.717) is 11.1 Å². The first-order valence-electron chi connectivity index (χ1n) is 11.0. The van der Waals surface area contributed by atoms with Crippen LogP contribution in [0.5, 0.6) is 11.5 Å². The summed E-state index contributed by atoms with van der Waals surface area (Å²) in [5.41, 5.74) is 4.59. The van der Waals surface area contributed by atoms with Crippen LogP contribution in [0.2, 0.25) is 0 Å². The first-order chi connectivity index (χ1) is 16.8. The van der Waals surface area contributed by atoms with Crippen molar-refractivity contribution in [1.82, 2.24) is 9.97 Å². The molecule has 0 saturated heterocycles. The van der Waals surface area contributed by atoms with E-state index in [1.807, 2.05) is 84.9 Å². The van der Waals surface area contributed by atoms with Crippen molar-refractivity contribution in [1.29, 1.82) is 0 Å². The molecule has 0 saturated carbocycles. The number of para-hydroxylation sites is 1. The van der Waals surface area contributed by atoms with Gasteiger partial charge in [0.2, 0.25) is 0 Å². The third-order valence-electron chi connectivity index (χ3n) is 6.17. The number of benzene rings is 4. The Morgan fingerprint density at radius 2 is 1.32 bits per heavy atom. The highest BCUT2D eigenvalue weighted by molar-refractivity contribution is 6.21. The van der Waals surface area contributed by atoms with E-state index in [4.69, 9.17) is 4.65 Å². The molecule has 6 heteroatoms. The Morgan fingerprint density at radius 3 is 2.18 bits per heavy atom. The number of hydrogen-bond acceptors (Lipinski definition) is 5. The van der Waals surface area contributed by atoms with E-state index in [1.54, 1.807) is 12.4 Å². The highest BCUT2D eigenvalue weighted by Gasteiger charge is 2.24. The molecule has 0 bridgehead atoms. The summed E-state index contributed by atoms with van der Waals surface area (Å²) in [5, 5.41) is 25.1. The van der Waals surface area contributed by atoms with Crippen molar-refractivity contribution in [3.63, 3.8) is 0 Å². The second-order valence-electron chi connectivity index (χ2n) is 8.00. The van der Waals surface area contributed by atoms with E-state index in [2.05, 4.69) is 9.97 Å². The third kappa shape index (κ3) is 3.08. The van der Waals surface area contributed by atoms with Gasteiger partial charge in [-0.15, -0.1) is 0 Å². The van der Waals surface area contributed by atoms with Crippen molar-refractivity contribution < 1.29 is 14.8 Å². The molecular weight excluding hydrogens is 423 g/mol. The highest BCUT2D eigenvalue weighted by Crippen LogP contribution is 2.51. The summed E-state index contributed by atoms with van der Waals surface area (Å²) in [6.45, 7) is 0. The van der Waals surface area contributed by atoms with E-state index in [0.717, 1.165) is 43.7 Å². The van der Waals surface area contributed by atoms with Crippen LogP contribution in [0.1, 0.15) is 0 Å². The number of fused-ring (bicyclic) bond motifs is 3. The Labute approximate surface area is 196 Å². The summed E-state index contributed by atoms with van der Waals surface area (Å²) in [5.74, 6) is 0.183. The number of pyridine rings is 2. The summed E-state index contributed by atoms with van der Waals surface area (Å²) in [7, 11) is -0.574. The fourth-order valence-electron chi connectivity index (χ4n) is 4.77. The summed E-state index contributed by atoms with van der Waals surface area (Å²) >= 11 is 0. The maximum Gasteiger partial charge on any atom is 0.504 e. The van der Waals surface area contributed by atoms with Gasteiger partial charge in [-0.2, -0.15) is 0 Å². The quantitative estimate of drug-likeness (QED) is 0.347. The molecule has 0 atom stereocenters. The number of rotatable bonds is 4. The Bertz CT molecular complexity index is 1690. The monoisotopic (exact) mass is 442 g/mol. The number of nitrogens with zero attached hydrogens (tertiary/aromatic N) is 2. The summed E-state index contributed by atoms with van der Waals surface area (Å²) in [4.78, 5) is 9.08. The van der Waals surface area contributed by atoms with Crippen molar-refractivity contribution in [2.75, 3.05) is 0 Å². The Morgan fingerprint density at radius 1 is 0.647 bits per heavy atom. The Balaban J connectivity index is 1.78. The van der Waals surface area contributed by atoms with Crippen LogP contribution < -0.4 is 4.65 Å². The van der Waals surface area contributed by atoms with Gasteiger partial charge in [-0.3, -0.25) is 9.97 Å². The normalized spacial score (nSPS) is 11.2. The average molecular weight is 442 g/mol. The topological polar surface area (TPSA) is 75.5 Å². The van der Waals surface area contributed by atoms with Gasteiger partial charge in [0.1, 0.15) is 0 Å². The van der Waals surface area contributed by atoms with Crippen LogP contribution in [0.25, 0.3) is 54.8 Å². The van der Waals surface area contributed by atoms with Crippen molar-refractivity contribution >= 4 is 40.3 Å². The van der Waals surface area contributed by atoms with E-state index in [-0.39, 0.29) is 11.5 Å². The van der Waals surface area contributed by atoms with Crippen LogP contribution in [0, 0.1) is 0 Å². The summed E-state index contributed by atoms with van der Waals surface area (Å²) < 4.78 is 5.72. The second kappa shape index (κ2) is 8.17. The number of aromatic hydroxyl groups is 1. The van der Waals surface area contributed by atoms with Crippen molar-refractivity contribution in [3.8, 4) is 33.8 Å². The first kappa shape index (κ1) is 20.2. The van der Waals surface area contributed by atoms with Crippen LogP contribution in [0.4, 0.5) is 0 Å². The minimum atomic E-state index is -0.574. The molecule has 34 heavy (non-hydrogen) atoms. The maximum absolute atomic E-state index is 11.7. The molecule has 0 aliphatic rings. The third-order valence-corrected chi connectivity index (χ3v) is 6.17. The lowest BCUT2D eigenvalue weighted by molar-refractivity contribution is 0.413. The molecule has 6 rings (SSSR count). The predicted octanol–water partition coefficient (Wildman–Crippen LogP) is 5.61. The van der Waals surface area contributed by atoms with Crippen molar-refractivity contribution in [3.05, 3.63) is 97.3 Å². The first-order valence-corrected chi connectivity index (χ1v) is 11.0. The molecule has 0 unspecified atom stereocenters. The van der Waals surface area contributed by atoms with Crippen LogP contribution in [-0.4, -0.2) is 27.8 Å². The Hall–Kier alpha value is -4.42. The standard InChI is InChI=1S/C28H19BN2O3/c32-27-24(22-12-3-7-17-8-5-16-31-26(17)22)20-9-1-2-10-21(20)25(28(27)34-29-33)19-11-4-14-23-18(19)13-6-15-30-23/h1-16,29,32-33H. The van der Waals surface area contributed by atoms with Crippen LogP contribution >= 0.6 is 0 Å². The van der Waals surface area contributed by atoms with Gasteiger partial charge in [0.05, 0.1) is 11.0 Å². The summed E-state index contributed by atoms with van der Waals surface area (Å²) in [6, 6.07) is 27.4. The van der Waals surface area contributed by atoms with Gasteiger partial charge in [0, 0.05) is 39.9 Å². The largest absolute Gasteiger partial charge is 0.536 e. The maximum atomic E-state index is 11.7. The fourth-order valence-corrected chi connectivity index (χ4v) is 4.77. The minimum Gasteiger partial charge on any atom is -0.536 e.